The van der Waals surface area contributed by atoms with Crippen molar-refractivity contribution in [3.05, 3.63) is 0 Å². The number of ether oxygens (including phenoxy) is 2. The van der Waals surface area contributed by atoms with Crippen LogP contribution in [0.5, 0.6) is 0 Å². The number of nitrogens with two attached hydrogens (primary N) is 2. The molecule has 34 heavy (non-hydrogen) atoms. The molecule has 2 saturated carbocycles. The van der Waals surface area contributed by atoms with Crippen molar-refractivity contribution in [2.45, 2.75) is 115 Å². The molecule has 0 spiro atoms. The molecular formula is C22H38N4O8. The van der Waals surface area contributed by atoms with E-state index in [1.165, 1.54) is 0 Å². The highest BCUT2D eigenvalue weighted by atomic mass is 16.8. The molecular weight excluding hydrogens is 448 g/mol. The number of hydroxylamine groups is 4. The zero-order valence-corrected chi connectivity index (χ0v) is 20.9. The van der Waals surface area contributed by atoms with Gasteiger partial charge in [-0.15, -0.1) is 10.1 Å². The first-order valence-electron chi connectivity index (χ1n) is 11.6. The Morgan fingerprint density at radius 2 is 0.971 bits per heavy atom. The van der Waals surface area contributed by atoms with Gasteiger partial charge in [0.1, 0.15) is 11.2 Å². The maximum Gasteiger partial charge on any atom is 0.444 e. The minimum absolute atomic E-state index is 0.185. The first-order valence-corrected chi connectivity index (χ1v) is 11.6. The lowest BCUT2D eigenvalue weighted by molar-refractivity contribution is -0.219. The van der Waals surface area contributed by atoms with Crippen molar-refractivity contribution in [3.63, 3.8) is 0 Å². The van der Waals surface area contributed by atoms with E-state index in [1.807, 2.05) is 0 Å². The first kappa shape index (κ1) is 27.6. The number of hydrogen-bond acceptors (Lipinski definition) is 10. The molecule has 0 unspecified atom stereocenters. The second-order valence-electron chi connectivity index (χ2n) is 10.8. The van der Waals surface area contributed by atoms with Gasteiger partial charge in [-0.25, -0.2) is 19.2 Å². The van der Waals surface area contributed by atoms with Crippen LogP contribution in [-0.4, -0.2) is 69.6 Å². The fraction of sp³-hybridized carbons (Fsp3) is 0.818. The van der Waals surface area contributed by atoms with Crippen molar-refractivity contribution < 1.29 is 38.3 Å². The average Bonchev–Trinajstić information content (AvgIpc) is 3.28. The number of nitrogens with zero attached hydrogens (tertiary/aromatic N) is 2. The second kappa shape index (κ2) is 10.8. The van der Waals surface area contributed by atoms with Gasteiger partial charge in [-0.3, -0.25) is 0 Å². The zero-order valence-electron chi connectivity index (χ0n) is 20.9. The summed E-state index contributed by atoms with van der Waals surface area (Å²) in [6.45, 7) is 9.94. The molecule has 0 aromatic heterocycles. The smallest absolute Gasteiger partial charge is 0.442 e. The molecule has 0 heterocycles. The van der Waals surface area contributed by atoms with E-state index in [0.29, 0.717) is 38.5 Å². The van der Waals surface area contributed by atoms with Crippen molar-refractivity contribution in [1.29, 1.82) is 0 Å². The van der Waals surface area contributed by atoms with Crippen LogP contribution >= 0.6 is 0 Å². The molecule has 12 nitrogen and oxygen atoms in total. The monoisotopic (exact) mass is 486 g/mol. The highest BCUT2D eigenvalue weighted by Crippen LogP contribution is 2.27. The molecule has 2 amide bonds. The number of carbonyl (C=O) groups excluding carboxylic acids is 4. The first-order chi connectivity index (χ1) is 15.6. The van der Waals surface area contributed by atoms with Gasteiger partial charge >= 0.3 is 24.1 Å². The number of hydrogen-bond donors (Lipinski definition) is 2. The molecule has 2 rings (SSSR count). The summed E-state index contributed by atoms with van der Waals surface area (Å²) in [7, 11) is 0. The Balaban J connectivity index is 2.14. The molecule has 0 radical (unpaired) electrons. The molecule has 12 heteroatoms. The van der Waals surface area contributed by atoms with Crippen LogP contribution in [0.4, 0.5) is 9.59 Å². The third-order valence-corrected chi connectivity index (χ3v) is 5.23. The van der Waals surface area contributed by atoms with E-state index in [0.717, 1.165) is 10.1 Å². The highest BCUT2D eigenvalue weighted by molar-refractivity contribution is 6.29. The Bertz CT molecular complexity index is 712. The summed E-state index contributed by atoms with van der Waals surface area (Å²) < 4.78 is 10.6. The third kappa shape index (κ3) is 8.32. The van der Waals surface area contributed by atoms with E-state index in [-0.39, 0.29) is 12.1 Å². The summed E-state index contributed by atoms with van der Waals surface area (Å²) in [6.07, 6.45) is 1.02. The zero-order chi connectivity index (χ0) is 25.8. The lowest BCUT2D eigenvalue weighted by Crippen LogP contribution is -2.48. The number of carbonyl (C=O) groups is 4. The Kier molecular flexibility index (Phi) is 8.75. The topological polar surface area (TPSA) is 164 Å². The summed E-state index contributed by atoms with van der Waals surface area (Å²) in [5, 5.41) is 1.45. The molecule has 0 bridgehead atoms. The van der Waals surface area contributed by atoms with Crippen molar-refractivity contribution in [2.24, 2.45) is 11.5 Å². The third-order valence-electron chi connectivity index (χ3n) is 5.23. The Morgan fingerprint density at radius 1 is 0.647 bits per heavy atom. The Morgan fingerprint density at radius 3 is 1.21 bits per heavy atom. The molecule has 0 aromatic rings. The quantitative estimate of drug-likeness (QED) is 0.436. The Labute approximate surface area is 200 Å². The van der Waals surface area contributed by atoms with E-state index < -0.39 is 47.4 Å². The van der Waals surface area contributed by atoms with Crippen LogP contribution < -0.4 is 11.5 Å². The summed E-state index contributed by atoms with van der Waals surface area (Å²) in [4.78, 5) is 60.8. The largest absolute Gasteiger partial charge is 0.444 e. The minimum Gasteiger partial charge on any atom is -0.442 e. The summed E-state index contributed by atoms with van der Waals surface area (Å²) in [5.74, 6) is -2.97. The van der Waals surface area contributed by atoms with Crippen LogP contribution in [-0.2, 0) is 28.7 Å². The van der Waals surface area contributed by atoms with Crippen molar-refractivity contribution in [1.82, 2.24) is 10.1 Å². The predicted molar refractivity (Wildman–Crippen MR) is 120 cm³/mol. The van der Waals surface area contributed by atoms with Crippen molar-refractivity contribution in [2.75, 3.05) is 0 Å². The van der Waals surface area contributed by atoms with E-state index in [9.17, 15) is 19.2 Å². The van der Waals surface area contributed by atoms with E-state index in [2.05, 4.69) is 0 Å². The average molecular weight is 487 g/mol. The van der Waals surface area contributed by atoms with Crippen molar-refractivity contribution in [3.8, 4) is 0 Å². The SMILES string of the molecule is CC(C)(C)OC(=O)N(OC(=O)C(=O)ON(C(=O)OC(C)(C)C)[C@H]1CC[C@H](N)C1)[C@H]1CC[C@H](N)C1. The fourth-order valence-corrected chi connectivity index (χ4v) is 3.80. The molecule has 0 aromatic carbocycles. The van der Waals surface area contributed by atoms with Crippen LogP contribution in [0, 0.1) is 0 Å². The second-order valence-corrected chi connectivity index (χ2v) is 10.8. The molecule has 4 N–H and O–H groups in total. The molecule has 2 aliphatic carbocycles. The van der Waals surface area contributed by atoms with Crippen LogP contribution in [0.15, 0.2) is 0 Å². The summed E-state index contributed by atoms with van der Waals surface area (Å²) in [5.41, 5.74) is 10.1. The minimum atomic E-state index is -1.48. The van der Waals surface area contributed by atoms with Crippen molar-refractivity contribution >= 4 is 24.1 Å². The van der Waals surface area contributed by atoms with E-state index in [1.54, 1.807) is 41.5 Å². The van der Waals surface area contributed by atoms with Crippen LogP contribution in [0.2, 0.25) is 0 Å². The van der Waals surface area contributed by atoms with Gasteiger partial charge in [0.2, 0.25) is 0 Å². The molecule has 0 saturated heterocycles. The normalized spacial score (nSPS) is 24.8. The standard InChI is InChI=1S/C22H38N4O8/c1-21(2,3)31-19(29)25(15-9-7-13(23)11-15)33-17(27)18(28)34-26(16-10-8-14(24)12-16)20(30)32-22(4,5)6/h13-16H,7-12,23-24H2,1-6H3/t13-,14-,15-,16-/m0/s1. The Hall–Kier alpha value is -2.60. The van der Waals surface area contributed by atoms with Crippen LogP contribution in [0.25, 0.3) is 0 Å². The maximum absolute atomic E-state index is 12.7. The lowest BCUT2D eigenvalue weighted by atomic mass is 10.2. The molecule has 194 valence electrons. The van der Waals surface area contributed by atoms with Gasteiger partial charge in [-0.05, 0) is 80.1 Å². The van der Waals surface area contributed by atoms with Gasteiger partial charge in [0, 0.05) is 12.1 Å². The van der Waals surface area contributed by atoms with E-state index >= 15 is 0 Å². The number of amides is 2. The van der Waals surface area contributed by atoms with Crippen LogP contribution in [0.1, 0.15) is 80.1 Å². The highest BCUT2D eigenvalue weighted by Gasteiger charge is 2.41. The molecule has 2 fully saturated rings. The summed E-state index contributed by atoms with van der Waals surface area (Å²) >= 11 is 0. The van der Waals surface area contributed by atoms with Gasteiger partial charge in [0.05, 0.1) is 12.1 Å². The van der Waals surface area contributed by atoms with Gasteiger partial charge in [-0.1, -0.05) is 0 Å². The van der Waals surface area contributed by atoms with Gasteiger partial charge in [0.25, 0.3) is 0 Å². The molecule has 4 atom stereocenters. The predicted octanol–water partition coefficient (Wildman–Crippen LogP) is 2.14. The van der Waals surface area contributed by atoms with E-state index in [4.69, 9.17) is 30.6 Å². The van der Waals surface area contributed by atoms with Crippen LogP contribution in [0.3, 0.4) is 0 Å². The van der Waals surface area contributed by atoms with Gasteiger partial charge in [-0.2, -0.15) is 0 Å². The summed E-state index contributed by atoms with van der Waals surface area (Å²) in [6, 6.07) is -1.49. The number of rotatable bonds is 2. The maximum atomic E-state index is 12.7. The van der Waals surface area contributed by atoms with Gasteiger partial charge < -0.3 is 30.6 Å². The lowest BCUT2D eigenvalue weighted by Gasteiger charge is -2.31. The fourth-order valence-electron chi connectivity index (χ4n) is 3.80. The molecule has 0 aliphatic heterocycles. The molecule has 2 aliphatic rings. The van der Waals surface area contributed by atoms with Gasteiger partial charge in [0.15, 0.2) is 0 Å².